The molecule has 3 aliphatic heterocycles. The minimum atomic E-state index is 0. The Bertz CT molecular complexity index is 489. The molecule has 1 saturated carbocycles. The van der Waals surface area contributed by atoms with E-state index in [-0.39, 0.29) is 24.0 Å². The number of ether oxygens (including phenoxy) is 1. The van der Waals surface area contributed by atoms with Gasteiger partial charge in [-0.1, -0.05) is 19.3 Å². The maximum atomic E-state index is 5.68. The van der Waals surface area contributed by atoms with Crippen LogP contribution in [0.5, 0.6) is 0 Å². The lowest BCUT2D eigenvalue weighted by atomic mass is 9.87. The van der Waals surface area contributed by atoms with E-state index in [0.717, 1.165) is 44.7 Å². The van der Waals surface area contributed by atoms with Gasteiger partial charge in [0.2, 0.25) is 0 Å². The Labute approximate surface area is 182 Å². The van der Waals surface area contributed by atoms with Gasteiger partial charge in [0.05, 0.1) is 6.61 Å². The van der Waals surface area contributed by atoms with Crippen LogP contribution in [0.3, 0.4) is 0 Å². The molecule has 1 N–H and O–H groups in total. The average molecular weight is 490 g/mol. The molecule has 1 aliphatic carbocycles. The highest BCUT2D eigenvalue weighted by Gasteiger charge is 2.42. The number of aliphatic imine (C=N–C) groups is 1. The van der Waals surface area contributed by atoms with E-state index in [4.69, 9.17) is 4.74 Å². The first-order valence-corrected chi connectivity index (χ1v) is 11.1. The predicted molar refractivity (Wildman–Crippen MR) is 122 cm³/mol. The predicted octanol–water partition coefficient (Wildman–Crippen LogP) is 3.34. The number of halogens is 1. The Morgan fingerprint density at radius 3 is 2.70 bits per heavy atom. The largest absolute Gasteiger partial charge is 0.381 e. The van der Waals surface area contributed by atoms with Crippen molar-refractivity contribution in [3.63, 3.8) is 0 Å². The van der Waals surface area contributed by atoms with Crippen LogP contribution in [-0.4, -0.2) is 74.8 Å². The summed E-state index contributed by atoms with van der Waals surface area (Å²) in [5.41, 5.74) is 0.401. The van der Waals surface area contributed by atoms with Gasteiger partial charge in [0.1, 0.15) is 0 Å². The van der Waals surface area contributed by atoms with Crippen molar-refractivity contribution in [3.05, 3.63) is 0 Å². The van der Waals surface area contributed by atoms with Gasteiger partial charge < -0.3 is 15.0 Å². The highest BCUT2D eigenvalue weighted by atomic mass is 127. The third-order valence-electron chi connectivity index (χ3n) is 7.35. The fourth-order valence-electron chi connectivity index (χ4n) is 5.70. The number of hydrogen-bond acceptors (Lipinski definition) is 3. The van der Waals surface area contributed by atoms with Crippen molar-refractivity contribution >= 4 is 29.9 Å². The molecule has 0 aromatic carbocycles. The van der Waals surface area contributed by atoms with E-state index in [9.17, 15) is 0 Å². The third kappa shape index (κ3) is 5.30. The Balaban J connectivity index is 0.00000210. The molecule has 0 amide bonds. The highest BCUT2D eigenvalue weighted by Crippen LogP contribution is 2.38. The maximum absolute atomic E-state index is 5.68. The van der Waals surface area contributed by atoms with Crippen LogP contribution in [0.25, 0.3) is 0 Å². The Kier molecular flexibility index (Phi) is 8.09. The summed E-state index contributed by atoms with van der Waals surface area (Å²) >= 11 is 0. The van der Waals surface area contributed by atoms with Crippen molar-refractivity contribution in [2.45, 2.75) is 63.8 Å². The molecule has 5 nitrogen and oxygen atoms in total. The number of nitrogens with one attached hydrogen (secondary N) is 1. The van der Waals surface area contributed by atoms with Gasteiger partial charge in [-0.15, -0.1) is 24.0 Å². The number of nitrogens with zero attached hydrogens (tertiary/aromatic N) is 3. The van der Waals surface area contributed by atoms with Crippen molar-refractivity contribution < 1.29 is 4.74 Å². The van der Waals surface area contributed by atoms with E-state index < -0.39 is 0 Å². The molecule has 3 saturated heterocycles. The van der Waals surface area contributed by atoms with Crippen molar-refractivity contribution in [1.82, 2.24) is 15.1 Å². The standard InChI is InChI=1S/C21H38N4O.HI/c1-22-20(25-12-9-21(16-25)10-13-26-17-21)23-14-19-8-5-11-24(19)15-18-6-3-2-4-7-18;/h18-19H,2-17H2,1H3,(H,22,23);1H. The molecule has 2 atom stereocenters. The van der Waals surface area contributed by atoms with Crippen LogP contribution < -0.4 is 5.32 Å². The average Bonchev–Trinajstić information content (AvgIpc) is 3.40. The van der Waals surface area contributed by atoms with Gasteiger partial charge in [-0.3, -0.25) is 9.89 Å². The van der Waals surface area contributed by atoms with E-state index in [0.29, 0.717) is 11.5 Å². The van der Waals surface area contributed by atoms with Crippen LogP contribution in [0.15, 0.2) is 4.99 Å². The summed E-state index contributed by atoms with van der Waals surface area (Å²) in [5.74, 6) is 2.06. The van der Waals surface area contributed by atoms with Gasteiger partial charge in [0.15, 0.2) is 5.96 Å². The molecule has 6 heteroatoms. The van der Waals surface area contributed by atoms with Crippen LogP contribution >= 0.6 is 24.0 Å². The molecular weight excluding hydrogens is 451 g/mol. The summed E-state index contributed by atoms with van der Waals surface area (Å²) in [6, 6.07) is 0.694. The van der Waals surface area contributed by atoms with E-state index >= 15 is 0 Å². The zero-order valence-corrected chi connectivity index (χ0v) is 19.5. The van der Waals surface area contributed by atoms with Crippen LogP contribution in [0.2, 0.25) is 0 Å². The second kappa shape index (κ2) is 10.1. The van der Waals surface area contributed by atoms with Crippen LogP contribution in [-0.2, 0) is 4.74 Å². The lowest BCUT2D eigenvalue weighted by Gasteiger charge is -2.32. The summed E-state index contributed by atoms with van der Waals surface area (Å²) in [6.45, 7) is 7.80. The molecule has 2 unspecified atom stereocenters. The molecule has 4 fully saturated rings. The van der Waals surface area contributed by atoms with Gasteiger partial charge >= 0.3 is 0 Å². The van der Waals surface area contributed by atoms with Crippen molar-refractivity contribution in [3.8, 4) is 0 Å². The summed E-state index contributed by atoms with van der Waals surface area (Å²) < 4.78 is 5.68. The molecule has 156 valence electrons. The van der Waals surface area contributed by atoms with Crippen molar-refractivity contribution in [2.75, 3.05) is 53.0 Å². The molecule has 0 radical (unpaired) electrons. The lowest BCUT2D eigenvalue weighted by molar-refractivity contribution is 0.156. The molecule has 4 rings (SSSR count). The van der Waals surface area contributed by atoms with E-state index in [1.807, 2.05) is 7.05 Å². The zero-order valence-electron chi connectivity index (χ0n) is 17.1. The summed E-state index contributed by atoms with van der Waals surface area (Å²) in [7, 11) is 1.94. The Morgan fingerprint density at radius 1 is 1.11 bits per heavy atom. The number of likely N-dealkylation sites (tertiary alicyclic amines) is 2. The topological polar surface area (TPSA) is 40.1 Å². The van der Waals surface area contributed by atoms with Crippen molar-refractivity contribution in [2.24, 2.45) is 16.3 Å². The quantitative estimate of drug-likeness (QED) is 0.373. The number of hydrogen-bond donors (Lipinski definition) is 1. The Hall–Kier alpha value is -0.0800. The summed E-state index contributed by atoms with van der Waals surface area (Å²) in [6.07, 6.45) is 12.5. The smallest absolute Gasteiger partial charge is 0.193 e. The van der Waals surface area contributed by atoms with Crippen LogP contribution in [0, 0.1) is 11.3 Å². The molecular formula is C21H39IN4O. The van der Waals surface area contributed by atoms with Gasteiger partial charge in [-0.2, -0.15) is 0 Å². The van der Waals surface area contributed by atoms with Crippen molar-refractivity contribution in [1.29, 1.82) is 0 Å². The second-order valence-electron chi connectivity index (χ2n) is 9.20. The second-order valence-corrected chi connectivity index (χ2v) is 9.20. The van der Waals surface area contributed by atoms with E-state index in [1.165, 1.54) is 70.9 Å². The van der Waals surface area contributed by atoms with Gasteiger partial charge in [0, 0.05) is 51.3 Å². The first kappa shape index (κ1) is 21.6. The molecule has 27 heavy (non-hydrogen) atoms. The maximum Gasteiger partial charge on any atom is 0.193 e. The Morgan fingerprint density at radius 2 is 1.96 bits per heavy atom. The van der Waals surface area contributed by atoms with Crippen LogP contribution in [0.4, 0.5) is 0 Å². The molecule has 3 heterocycles. The van der Waals surface area contributed by atoms with Gasteiger partial charge in [-0.05, 0) is 51.0 Å². The van der Waals surface area contributed by atoms with E-state index in [1.54, 1.807) is 0 Å². The molecule has 0 bridgehead atoms. The fraction of sp³-hybridized carbons (Fsp3) is 0.952. The van der Waals surface area contributed by atoms with E-state index in [2.05, 4.69) is 20.1 Å². The molecule has 0 aromatic rings. The zero-order chi connectivity index (χ0) is 17.8. The molecule has 0 aromatic heterocycles. The summed E-state index contributed by atoms with van der Waals surface area (Å²) in [5, 5.41) is 3.72. The molecule has 1 spiro atoms. The normalized spacial score (nSPS) is 33.0. The van der Waals surface area contributed by atoms with Crippen LogP contribution in [0.1, 0.15) is 57.8 Å². The fourth-order valence-corrected chi connectivity index (χ4v) is 5.70. The third-order valence-corrected chi connectivity index (χ3v) is 7.35. The highest BCUT2D eigenvalue weighted by molar-refractivity contribution is 14.0. The molecule has 4 aliphatic rings. The monoisotopic (exact) mass is 490 g/mol. The van der Waals surface area contributed by atoms with Gasteiger partial charge in [0.25, 0.3) is 0 Å². The SMILES string of the molecule is CN=C(NCC1CCCN1CC1CCCCC1)N1CCC2(CCOC2)C1.I. The first-order chi connectivity index (χ1) is 12.8. The minimum Gasteiger partial charge on any atom is -0.381 e. The summed E-state index contributed by atoms with van der Waals surface area (Å²) in [4.78, 5) is 9.84. The number of rotatable bonds is 4. The number of guanidine groups is 1. The first-order valence-electron chi connectivity index (χ1n) is 11.1. The minimum absolute atomic E-state index is 0. The van der Waals surface area contributed by atoms with Gasteiger partial charge in [-0.25, -0.2) is 0 Å². The lowest BCUT2D eigenvalue weighted by Crippen LogP contribution is -2.47.